The van der Waals surface area contributed by atoms with Gasteiger partial charge in [-0.25, -0.2) is 17.6 Å². The number of ether oxygens (including phenoxy) is 1. The molecule has 0 bridgehead atoms. The lowest BCUT2D eigenvalue weighted by Crippen LogP contribution is -2.14. The molecule has 0 saturated carbocycles. The van der Waals surface area contributed by atoms with Gasteiger partial charge in [-0.2, -0.15) is 19.3 Å². The number of nitriles is 2. The first-order chi connectivity index (χ1) is 21.5. The second kappa shape index (κ2) is 13.9. The summed E-state index contributed by atoms with van der Waals surface area (Å²) in [6.45, 7) is 7.19. The zero-order valence-electron chi connectivity index (χ0n) is 25.2. The zero-order valence-corrected chi connectivity index (χ0v) is 25.2. The summed E-state index contributed by atoms with van der Waals surface area (Å²) in [5.41, 5.74) is -0.245. The Bertz CT molecular complexity index is 1670. The maximum absolute atomic E-state index is 16.3. The molecule has 0 fully saturated rings. The van der Waals surface area contributed by atoms with Crippen LogP contribution in [0.25, 0.3) is 0 Å². The molecule has 0 radical (unpaired) electrons. The number of hydrogen-bond acceptors (Lipinski definition) is 3. The molecule has 45 heavy (non-hydrogen) atoms. The van der Waals surface area contributed by atoms with E-state index in [2.05, 4.69) is 0 Å². The van der Waals surface area contributed by atoms with Crippen molar-refractivity contribution < 1.29 is 31.1 Å². The molecule has 232 valence electrons. The Hall–Kier alpha value is -4.76. The van der Waals surface area contributed by atoms with Gasteiger partial charge in [0.15, 0.2) is 23.3 Å². The van der Waals surface area contributed by atoms with Crippen LogP contribution in [0, 0.1) is 71.4 Å². The first-order valence-electron chi connectivity index (χ1n) is 14.5. The van der Waals surface area contributed by atoms with Gasteiger partial charge in [-0.05, 0) is 37.8 Å². The Labute approximate surface area is 258 Å². The van der Waals surface area contributed by atoms with E-state index in [0.717, 1.165) is 11.1 Å². The fourth-order valence-corrected chi connectivity index (χ4v) is 5.60. The third-order valence-corrected chi connectivity index (χ3v) is 7.87. The summed E-state index contributed by atoms with van der Waals surface area (Å²) >= 11 is 0. The highest BCUT2D eigenvalue weighted by atomic mass is 19.2. The van der Waals surface area contributed by atoms with Crippen LogP contribution in [0.1, 0.15) is 95.9 Å². The topological polar surface area (TPSA) is 56.8 Å². The SMILES string of the molecule is CCCC(c1ccc(C)cc1)c1c(F)c(Oc2c(F)c(F)c(C#N)c(C(CCC)c3ccc(C)cc3)c2F)c(F)c(F)c1C#N. The molecule has 0 aromatic heterocycles. The van der Waals surface area contributed by atoms with E-state index in [0.29, 0.717) is 24.0 Å². The molecule has 4 aromatic carbocycles. The Morgan fingerprint density at radius 3 is 1.18 bits per heavy atom. The highest BCUT2D eigenvalue weighted by Gasteiger charge is 2.36. The van der Waals surface area contributed by atoms with Crippen LogP contribution in [0.3, 0.4) is 0 Å². The van der Waals surface area contributed by atoms with Gasteiger partial charge in [0.05, 0.1) is 11.1 Å². The van der Waals surface area contributed by atoms with Gasteiger partial charge in [0.2, 0.25) is 23.1 Å². The highest BCUT2D eigenvalue weighted by molar-refractivity contribution is 5.55. The largest absolute Gasteiger partial charge is 0.445 e. The lowest BCUT2D eigenvalue weighted by Gasteiger charge is -2.24. The summed E-state index contributed by atoms with van der Waals surface area (Å²) in [6.07, 6.45) is 1.30. The standard InChI is InChI=1S/C36H30F6N2O/c1-5-7-23(21-13-9-19(3)10-14-21)27-25(17-43)29(37)33(41)35(31(27)39)45-36-32(40)28(26(18-44)30(38)34(36)42)24(8-6-2)22-15-11-20(4)12-16-22/h9-16,23-24H,5-8H2,1-4H3. The van der Waals surface area contributed by atoms with Crippen molar-refractivity contribution in [1.82, 2.24) is 0 Å². The molecule has 0 amide bonds. The first kappa shape index (κ1) is 33.1. The smallest absolute Gasteiger partial charge is 0.205 e. The van der Waals surface area contributed by atoms with Crippen molar-refractivity contribution >= 4 is 0 Å². The van der Waals surface area contributed by atoms with Crippen molar-refractivity contribution in [3.63, 3.8) is 0 Å². The Kier molecular flexibility index (Phi) is 10.2. The lowest BCUT2D eigenvalue weighted by molar-refractivity contribution is 0.338. The number of benzene rings is 4. The van der Waals surface area contributed by atoms with E-state index in [9.17, 15) is 10.5 Å². The molecular formula is C36H30F6N2O. The molecule has 2 unspecified atom stereocenters. The van der Waals surface area contributed by atoms with Crippen LogP contribution in [-0.4, -0.2) is 0 Å². The molecule has 0 aliphatic rings. The number of hydrogen-bond donors (Lipinski definition) is 0. The second-order valence-electron chi connectivity index (χ2n) is 10.9. The van der Waals surface area contributed by atoms with E-state index in [1.165, 1.54) is 12.1 Å². The molecule has 0 heterocycles. The van der Waals surface area contributed by atoms with Crippen molar-refractivity contribution in [3.8, 4) is 23.6 Å². The molecule has 0 aliphatic carbocycles. The summed E-state index contributed by atoms with van der Waals surface area (Å²) in [5, 5.41) is 19.5. The van der Waals surface area contributed by atoms with Gasteiger partial charge in [-0.3, -0.25) is 0 Å². The monoisotopic (exact) mass is 620 g/mol. The summed E-state index contributed by atoms with van der Waals surface area (Å²) in [6, 6.07) is 16.5. The van der Waals surface area contributed by atoms with Crippen LogP contribution in [0.5, 0.6) is 11.5 Å². The number of nitrogens with zero attached hydrogens (tertiary/aromatic N) is 2. The van der Waals surface area contributed by atoms with Gasteiger partial charge in [0, 0.05) is 23.0 Å². The minimum Gasteiger partial charge on any atom is -0.445 e. The van der Waals surface area contributed by atoms with E-state index in [1.54, 1.807) is 62.4 Å². The van der Waals surface area contributed by atoms with Gasteiger partial charge in [0.25, 0.3) is 0 Å². The van der Waals surface area contributed by atoms with E-state index < -0.39 is 80.5 Å². The minimum absolute atomic E-state index is 0.201. The predicted molar refractivity (Wildman–Crippen MR) is 158 cm³/mol. The highest BCUT2D eigenvalue weighted by Crippen LogP contribution is 2.45. The molecule has 4 rings (SSSR count). The van der Waals surface area contributed by atoms with Gasteiger partial charge in [-0.1, -0.05) is 86.3 Å². The van der Waals surface area contributed by atoms with Gasteiger partial charge < -0.3 is 4.74 Å². The molecule has 0 spiro atoms. The van der Waals surface area contributed by atoms with E-state index in [1.807, 2.05) is 13.8 Å². The lowest BCUT2D eigenvalue weighted by atomic mass is 9.83. The third-order valence-electron chi connectivity index (χ3n) is 7.87. The van der Waals surface area contributed by atoms with E-state index in [-0.39, 0.29) is 12.8 Å². The fraction of sp³-hybridized carbons (Fsp3) is 0.278. The molecule has 0 N–H and O–H groups in total. The predicted octanol–water partition coefficient (Wildman–Crippen LogP) is 10.5. The van der Waals surface area contributed by atoms with E-state index >= 15 is 26.3 Å². The fourth-order valence-electron chi connectivity index (χ4n) is 5.60. The average Bonchev–Trinajstić information content (AvgIpc) is 3.03. The number of halogens is 6. The van der Waals surface area contributed by atoms with Crippen molar-refractivity contribution in [2.75, 3.05) is 0 Å². The van der Waals surface area contributed by atoms with Gasteiger partial charge >= 0.3 is 0 Å². The van der Waals surface area contributed by atoms with Crippen LogP contribution in [0.4, 0.5) is 26.3 Å². The third kappa shape index (κ3) is 6.26. The zero-order chi connectivity index (χ0) is 33.0. The molecular weight excluding hydrogens is 590 g/mol. The van der Waals surface area contributed by atoms with Crippen LogP contribution < -0.4 is 4.74 Å². The summed E-state index contributed by atoms with van der Waals surface area (Å²) < 4.78 is 99.3. The van der Waals surface area contributed by atoms with Crippen molar-refractivity contribution in [2.24, 2.45) is 0 Å². The van der Waals surface area contributed by atoms with Crippen LogP contribution in [0.15, 0.2) is 48.5 Å². The first-order valence-corrected chi connectivity index (χ1v) is 14.5. The van der Waals surface area contributed by atoms with Crippen molar-refractivity contribution in [3.05, 3.63) is 128 Å². The van der Waals surface area contributed by atoms with Crippen LogP contribution in [-0.2, 0) is 0 Å². The van der Waals surface area contributed by atoms with E-state index in [4.69, 9.17) is 4.74 Å². The average molecular weight is 621 g/mol. The molecule has 0 aliphatic heterocycles. The molecule has 2 atom stereocenters. The number of aryl methyl sites for hydroxylation is 2. The number of rotatable bonds is 10. The summed E-state index contributed by atoms with van der Waals surface area (Å²) in [7, 11) is 0. The summed E-state index contributed by atoms with van der Waals surface area (Å²) in [5.74, 6) is -15.7. The van der Waals surface area contributed by atoms with Crippen molar-refractivity contribution in [2.45, 2.75) is 65.2 Å². The van der Waals surface area contributed by atoms with Crippen molar-refractivity contribution in [1.29, 1.82) is 10.5 Å². The Morgan fingerprint density at radius 1 is 0.556 bits per heavy atom. The minimum atomic E-state index is -2.01. The molecule has 0 saturated heterocycles. The molecule has 9 heteroatoms. The molecule has 3 nitrogen and oxygen atoms in total. The molecule has 4 aromatic rings. The van der Waals surface area contributed by atoms with Gasteiger partial charge in [0.1, 0.15) is 12.1 Å². The summed E-state index contributed by atoms with van der Waals surface area (Å²) in [4.78, 5) is 0. The quantitative estimate of drug-likeness (QED) is 0.131. The normalized spacial score (nSPS) is 12.4. The van der Waals surface area contributed by atoms with Crippen LogP contribution in [0.2, 0.25) is 0 Å². The maximum atomic E-state index is 16.3. The maximum Gasteiger partial charge on any atom is 0.205 e. The Morgan fingerprint density at radius 2 is 0.889 bits per heavy atom. The van der Waals surface area contributed by atoms with Crippen LogP contribution >= 0.6 is 0 Å². The Balaban J connectivity index is 1.99. The second-order valence-corrected chi connectivity index (χ2v) is 10.9. The van der Waals surface area contributed by atoms with Gasteiger partial charge in [-0.15, -0.1) is 0 Å².